The van der Waals surface area contributed by atoms with E-state index >= 15 is 0 Å². The second-order valence-corrected chi connectivity index (χ2v) is 5.89. The lowest BCUT2D eigenvalue weighted by Gasteiger charge is -2.17. The minimum absolute atomic E-state index is 0.0430. The summed E-state index contributed by atoms with van der Waals surface area (Å²) in [6.07, 6.45) is -3.47. The van der Waals surface area contributed by atoms with E-state index in [9.17, 15) is 18.0 Å². The summed E-state index contributed by atoms with van der Waals surface area (Å²) in [7, 11) is 0. The first-order valence-corrected chi connectivity index (χ1v) is 7.83. The normalized spacial score (nSPS) is 14.5. The molecule has 0 saturated heterocycles. The van der Waals surface area contributed by atoms with Gasteiger partial charge in [0.2, 0.25) is 0 Å². The third-order valence-corrected chi connectivity index (χ3v) is 4.02. The van der Waals surface area contributed by atoms with Crippen LogP contribution in [0.25, 0.3) is 0 Å². The van der Waals surface area contributed by atoms with Crippen LogP contribution in [-0.2, 0) is 6.18 Å². The molecule has 9 heteroatoms. The number of nitrogens with one attached hydrogen (secondary N) is 2. The van der Waals surface area contributed by atoms with Crippen molar-refractivity contribution in [2.75, 3.05) is 13.2 Å². The fourth-order valence-corrected chi connectivity index (χ4v) is 2.67. The molecule has 2 unspecified atom stereocenters. The van der Waals surface area contributed by atoms with Gasteiger partial charge in [-0.3, -0.25) is 0 Å². The van der Waals surface area contributed by atoms with Crippen molar-refractivity contribution in [3.05, 3.63) is 16.1 Å². The van der Waals surface area contributed by atoms with E-state index in [2.05, 4.69) is 15.6 Å². The summed E-state index contributed by atoms with van der Waals surface area (Å²) in [4.78, 5) is 15.3. The van der Waals surface area contributed by atoms with Crippen molar-refractivity contribution in [2.24, 2.45) is 5.92 Å². The van der Waals surface area contributed by atoms with Crippen LogP contribution in [0.1, 0.15) is 43.4 Å². The number of aliphatic hydroxyl groups is 1. The monoisotopic (exact) mass is 339 g/mol. The molecule has 5 nitrogen and oxygen atoms in total. The predicted molar refractivity (Wildman–Crippen MR) is 77.5 cm³/mol. The van der Waals surface area contributed by atoms with Crippen molar-refractivity contribution in [1.29, 1.82) is 0 Å². The predicted octanol–water partition coefficient (Wildman–Crippen LogP) is 2.93. The molecule has 0 bridgehead atoms. The number of hydrogen-bond acceptors (Lipinski definition) is 4. The number of carbonyl (C=O) groups excluding carboxylic acids is 1. The zero-order valence-electron chi connectivity index (χ0n) is 12.4. The van der Waals surface area contributed by atoms with Gasteiger partial charge in [0.1, 0.15) is 5.01 Å². The van der Waals surface area contributed by atoms with Gasteiger partial charge < -0.3 is 15.7 Å². The molecule has 1 aromatic rings. The molecule has 0 aliphatic heterocycles. The molecule has 1 aromatic heterocycles. The molecular weight excluding hydrogens is 319 g/mol. The zero-order chi connectivity index (χ0) is 16.8. The highest BCUT2D eigenvalue weighted by atomic mass is 32.1. The number of aromatic nitrogens is 1. The minimum Gasteiger partial charge on any atom is -0.396 e. The Bertz CT molecular complexity index is 479. The molecule has 0 aliphatic carbocycles. The van der Waals surface area contributed by atoms with Crippen LogP contribution in [0.3, 0.4) is 0 Å². The van der Waals surface area contributed by atoms with E-state index in [4.69, 9.17) is 5.11 Å². The first-order chi connectivity index (χ1) is 10.3. The third-order valence-electron chi connectivity index (χ3n) is 3.06. The Labute approximate surface area is 130 Å². The standard InChI is InChI=1S/C13H20F3N3O2S/c1-3-9(11-19-10(7-22-11)13(14,15)16)18-12(21)17-6-8(2)4-5-20/h7-9,20H,3-6H2,1-2H3,(H2,17,18,21). The number of aliphatic hydroxyl groups excluding tert-OH is 1. The van der Waals surface area contributed by atoms with E-state index < -0.39 is 23.9 Å². The number of hydrogen-bond donors (Lipinski definition) is 3. The Hall–Kier alpha value is -1.35. The van der Waals surface area contributed by atoms with Gasteiger partial charge in [-0.05, 0) is 18.8 Å². The molecular formula is C13H20F3N3O2S. The number of urea groups is 1. The molecule has 0 aliphatic rings. The fourth-order valence-electron chi connectivity index (χ4n) is 1.71. The molecule has 3 N–H and O–H groups in total. The summed E-state index contributed by atoms with van der Waals surface area (Å²) in [6.45, 7) is 4.06. The van der Waals surface area contributed by atoms with E-state index in [1.807, 2.05) is 6.92 Å². The highest BCUT2D eigenvalue weighted by Crippen LogP contribution is 2.32. The SMILES string of the molecule is CCC(NC(=O)NCC(C)CCO)c1nc(C(F)(F)F)cs1. The van der Waals surface area contributed by atoms with E-state index in [0.29, 0.717) is 19.4 Å². The minimum atomic E-state index is -4.48. The Morgan fingerprint density at radius 2 is 2.18 bits per heavy atom. The highest BCUT2D eigenvalue weighted by Gasteiger charge is 2.34. The molecule has 0 saturated carbocycles. The second kappa shape index (κ2) is 8.33. The lowest BCUT2D eigenvalue weighted by molar-refractivity contribution is -0.140. The van der Waals surface area contributed by atoms with Gasteiger partial charge >= 0.3 is 12.2 Å². The second-order valence-electron chi connectivity index (χ2n) is 5.00. The Balaban J connectivity index is 2.57. The summed E-state index contributed by atoms with van der Waals surface area (Å²) < 4.78 is 37.6. The van der Waals surface area contributed by atoms with Crippen LogP contribution in [0.5, 0.6) is 0 Å². The first-order valence-electron chi connectivity index (χ1n) is 6.95. The fraction of sp³-hybridized carbons (Fsp3) is 0.692. The van der Waals surface area contributed by atoms with Gasteiger partial charge in [-0.2, -0.15) is 13.2 Å². The Morgan fingerprint density at radius 1 is 1.50 bits per heavy atom. The van der Waals surface area contributed by atoms with Crippen molar-refractivity contribution in [3.63, 3.8) is 0 Å². The maximum Gasteiger partial charge on any atom is 0.434 e. The number of halogens is 3. The first kappa shape index (κ1) is 18.7. The molecule has 0 fully saturated rings. The Kier molecular flexibility index (Phi) is 7.08. The van der Waals surface area contributed by atoms with Crippen LogP contribution in [0.2, 0.25) is 0 Å². The number of nitrogens with zero attached hydrogens (tertiary/aromatic N) is 1. The van der Waals surface area contributed by atoms with E-state index in [0.717, 1.165) is 16.7 Å². The molecule has 1 rings (SSSR count). The Morgan fingerprint density at radius 3 is 2.68 bits per heavy atom. The average molecular weight is 339 g/mol. The van der Waals surface area contributed by atoms with Gasteiger partial charge in [0.05, 0.1) is 6.04 Å². The van der Waals surface area contributed by atoms with Crippen LogP contribution >= 0.6 is 11.3 Å². The highest BCUT2D eigenvalue weighted by molar-refractivity contribution is 7.09. The summed E-state index contributed by atoms with van der Waals surface area (Å²) in [5.41, 5.74) is -0.940. The van der Waals surface area contributed by atoms with Crippen LogP contribution in [0.4, 0.5) is 18.0 Å². The third kappa shape index (κ3) is 5.80. The summed E-state index contributed by atoms with van der Waals surface area (Å²) in [5.74, 6) is 0.118. The van der Waals surface area contributed by atoms with Gasteiger partial charge in [0.15, 0.2) is 5.69 Å². The topological polar surface area (TPSA) is 74.2 Å². The van der Waals surface area contributed by atoms with Crippen molar-refractivity contribution in [2.45, 2.75) is 38.9 Å². The quantitative estimate of drug-likeness (QED) is 0.715. The molecule has 2 amide bonds. The maximum absolute atomic E-state index is 12.5. The molecule has 2 atom stereocenters. The largest absolute Gasteiger partial charge is 0.434 e. The summed E-state index contributed by atoms with van der Waals surface area (Å²) in [5, 5.41) is 15.2. The number of thiazole rings is 1. The maximum atomic E-state index is 12.5. The van der Waals surface area contributed by atoms with Gasteiger partial charge in [0, 0.05) is 18.5 Å². The smallest absolute Gasteiger partial charge is 0.396 e. The molecule has 22 heavy (non-hydrogen) atoms. The van der Waals surface area contributed by atoms with E-state index in [1.54, 1.807) is 6.92 Å². The summed E-state index contributed by atoms with van der Waals surface area (Å²) >= 11 is 0.877. The van der Waals surface area contributed by atoms with Gasteiger partial charge in [-0.25, -0.2) is 9.78 Å². The van der Waals surface area contributed by atoms with Gasteiger partial charge in [-0.15, -0.1) is 11.3 Å². The van der Waals surface area contributed by atoms with Crippen LogP contribution < -0.4 is 10.6 Å². The van der Waals surface area contributed by atoms with Crippen LogP contribution in [0.15, 0.2) is 5.38 Å². The number of carbonyl (C=O) groups is 1. The molecule has 0 spiro atoms. The van der Waals surface area contributed by atoms with Crippen molar-refractivity contribution < 1.29 is 23.1 Å². The molecule has 1 heterocycles. The van der Waals surface area contributed by atoms with Crippen LogP contribution in [-0.4, -0.2) is 29.3 Å². The van der Waals surface area contributed by atoms with Crippen molar-refractivity contribution >= 4 is 17.4 Å². The molecule has 0 radical (unpaired) electrons. The van der Waals surface area contributed by atoms with E-state index in [1.165, 1.54) is 0 Å². The zero-order valence-corrected chi connectivity index (χ0v) is 13.2. The average Bonchev–Trinajstić information content (AvgIpc) is 2.92. The summed E-state index contributed by atoms with van der Waals surface area (Å²) in [6, 6.07) is -1.02. The molecule has 126 valence electrons. The lowest BCUT2D eigenvalue weighted by atomic mass is 10.1. The van der Waals surface area contributed by atoms with Crippen molar-refractivity contribution in [1.82, 2.24) is 15.6 Å². The number of rotatable bonds is 7. The number of amides is 2. The number of alkyl halides is 3. The molecule has 0 aromatic carbocycles. The van der Waals surface area contributed by atoms with Gasteiger partial charge in [0.25, 0.3) is 0 Å². The van der Waals surface area contributed by atoms with Crippen LogP contribution in [0, 0.1) is 5.92 Å². The lowest BCUT2D eigenvalue weighted by Crippen LogP contribution is -2.39. The van der Waals surface area contributed by atoms with E-state index in [-0.39, 0.29) is 17.5 Å². The van der Waals surface area contributed by atoms with Gasteiger partial charge in [-0.1, -0.05) is 13.8 Å². The van der Waals surface area contributed by atoms with Crippen molar-refractivity contribution in [3.8, 4) is 0 Å².